The molecule has 0 N–H and O–H groups in total. The summed E-state index contributed by atoms with van der Waals surface area (Å²) in [6, 6.07) is 52.9. The molecule has 3 aromatic heterocycles. The number of ether oxygens (including phenoxy) is 1. The van der Waals surface area contributed by atoms with Crippen LogP contribution in [0.1, 0.15) is 0 Å². The highest BCUT2D eigenvalue weighted by atomic mass is 16.5. The van der Waals surface area contributed by atoms with Crippen LogP contribution in [0.3, 0.4) is 0 Å². The second-order valence-corrected chi connectivity index (χ2v) is 12.2. The van der Waals surface area contributed by atoms with Crippen molar-refractivity contribution in [2.24, 2.45) is 0 Å². The molecule has 10 rings (SSSR count). The fourth-order valence-electron chi connectivity index (χ4n) is 7.46. The van der Waals surface area contributed by atoms with E-state index in [2.05, 4.69) is 125 Å². The van der Waals surface area contributed by atoms with Crippen molar-refractivity contribution in [3.63, 3.8) is 0 Å². The Balaban J connectivity index is 1.10. The van der Waals surface area contributed by atoms with Crippen LogP contribution in [0.15, 0.2) is 164 Å². The van der Waals surface area contributed by atoms with E-state index in [0.717, 1.165) is 55.9 Å². The first-order chi connectivity index (χ1) is 23.8. The second-order valence-electron chi connectivity index (χ2n) is 12.2. The first-order valence-corrected chi connectivity index (χ1v) is 16.2. The van der Waals surface area contributed by atoms with Gasteiger partial charge in [0, 0.05) is 51.1 Å². The third-order valence-electron chi connectivity index (χ3n) is 9.50. The molecule has 48 heavy (non-hydrogen) atoms. The number of hydrogen-bond donors (Lipinski definition) is 0. The lowest BCUT2D eigenvalue weighted by molar-refractivity contribution is 0.483. The summed E-state index contributed by atoms with van der Waals surface area (Å²) < 4.78 is 8.78. The van der Waals surface area contributed by atoms with Crippen molar-refractivity contribution < 1.29 is 4.74 Å². The average Bonchev–Trinajstić information content (AvgIpc) is 3.42. The normalized spacial score (nSPS) is 11.8. The van der Waals surface area contributed by atoms with Gasteiger partial charge in [0.2, 0.25) is 0 Å². The first-order valence-electron chi connectivity index (χ1n) is 16.2. The molecule has 3 heterocycles. The maximum Gasteiger partial charge on any atom is 0.137 e. The van der Waals surface area contributed by atoms with Crippen LogP contribution in [0.4, 0.5) is 0 Å². The molecule has 1 aliphatic carbocycles. The minimum absolute atomic E-state index is 0.752. The third-order valence-corrected chi connectivity index (χ3v) is 9.50. The van der Waals surface area contributed by atoms with Crippen molar-refractivity contribution in [3.8, 4) is 62.0 Å². The van der Waals surface area contributed by atoms with E-state index in [9.17, 15) is 0 Å². The molecule has 9 aromatic rings. The van der Waals surface area contributed by atoms with Crippen molar-refractivity contribution in [2.75, 3.05) is 0 Å². The predicted molar refractivity (Wildman–Crippen MR) is 196 cm³/mol. The third kappa shape index (κ3) is 4.03. The molecule has 6 aromatic carbocycles. The van der Waals surface area contributed by atoms with Crippen LogP contribution in [0.5, 0.6) is 11.5 Å². The first kappa shape index (κ1) is 26.7. The van der Waals surface area contributed by atoms with Gasteiger partial charge in [0.1, 0.15) is 17.3 Å². The lowest BCUT2D eigenvalue weighted by Crippen LogP contribution is -1.96. The van der Waals surface area contributed by atoms with E-state index < -0.39 is 0 Å². The Morgan fingerprint density at radius 2 is 1.08 bits per heavy atom. The molecule has 1 aliphatic rings. The number of fused-ring (bicyclic) bond motifs is 8. The maximum absolute atomic E-state index is 6.58. The molecular formula is C44H27N3O. The molecular weight excluding hydrogens is 587 g/mol. The van der Waals surface area contributed by atoms with Crippen molar-refractivity contribution in [2.45, 2.75) is 0 Å². The topological polar surface area (TPSA) is 39.9 Å². The number of nitrogens with zero attached hydrogens (tertiary/aromatic N) is 3. The highest BCUT2D eigenvalue weighted by Crippen LogP contribution is 2.48. The monoisotopic (exact) mass is 613 g/mol. The minimum atomic E-state index is 0.752. The number of aromatic nitrogens is 3. The molecule has 0 unspecified atom stereocenters. The number of rotatable bonds is 4. The summed E-state index contributed by atoms with van der Waals surface area (Å²) in [6.07, 6.45) is 3.88. The Bertz CT molecular complexity index is 2660. The number of pyridine rings is 2. The fraction of sp³-hybridized carbons (Fsp3) is 0. The number of benzene rings is 6. The van der Waals surface area contributed by atoms with Gasteiger partial charge in [-0.1, -0.05) is 103 Å². The van der Waals surface area contributed by atoms with Crippen LogP contribution < -0.4 is 4.74 Å². The summed E-state index contributed by atoms with van der Waals surface area (Å²) in [5.74, 6) is 2.38. The summed E-state index contributed by atoms with van der Waals surface area (Å²) >= 11 is 0. The summed E-state index contributed by atoms with van der Waals surface area (Å²) in [4.78, 5) is 9.79. The zero-order chi connectivity index (χ0) is 31.6. The van der Waals surface area contributed by atoms with E-state index >= 15 is 0 Å². The predicted octanol–water partition coefficient (Wildman–Crippen LogP) is 11.5. The molecule has 0 spiro atoms. The Morgan fingerprint density at radius 3 is 1.90 bits per heavy atom. The molecule has 224 valence electrons. The SMILES string of the molecule is c1ccc(-n2c3ccccc3c3ccc(Oc4cccc(-c5ncc6c7c(cccc57)-c5ccccc5-c5ccccc5-6)c4)cc32)nc1. The van der Waals surface area contributed by atoms with Gasteiger partial charge in [-0.3, -0.25) is 9.55 Å². The van der Waals surface area contributed by atoms with Gasteiger partial charge >= 0.3 is 0 Å². The molecule has 0 radical (unpaired) electrons. The van der Waals surface area contributed by atoms with Gasteiger partial charge in [-0.15, -0.1) is 0 Å². The zero-order valence-corrected chi connectivity index (χ0v) is 25.8. The van der Waals surface area contributed by atoms with Gasteiger partial charge in [0.25, 0.3) is 0 Å². The summed E-state index contributed by atoms with van der Waals surface area (Å²) in [5, 5.41) is 4.68. The van der Waals surface area contributed by atoms with Gasteiger partial charge in [0.05, 0.1) is 16.7 Å². The lowest BCUT2D eigenvalue weighted by atomic mass is 9.93. The number of hydrogen-bond acceptors (Lipinski definition) is 3. The van der Waals surface area contributed by atoms with E-state index in [4.69, 9.17) is 9.72 Å². The molecule has 0 atom stereocenters. The Labute approximate surface area is 277 Å². The average molecular weight is 614 g/mol. The minimum Gasteiger partial charge on any atom is -0.457 e. The molecule has 0 saturated carbocycles. The zero-order valence-electron chi connectivity index (χ0n) is 25.8. The smallest absolute Gasteiger partial charge is 0.137 e. The van der Waals surface area contributed by atoms with Crippen molar-refractivity contribution >= 4 is 32.6 Å². The van der Waals surface area contributed by atoms with Crippen LogP contribution in [0.25, 0.3) is 83.0 Å². The van der Waals surface area contributed by atoms with Crippen LogP contribution in [-0.2, 0) is 0 Å². The molecule has 0 aliphatic heterocycles. The molecule has 4 nitrogen and oxygen atoms in total. The van der Waals surface area contributed by atoms with Crippen molar-refractivity contribution in [1.29, 1.82) is 0 Å². The maximum atomic E-state index is 6.58. The van der Waals surface area contributed by atoms with Gasteiger partial charge in [-0.2, -0.15) is 0 Å². The summed E-state index contributed by atoms with van der Waals surface area (Å²) in [6.45, 7) is 0. The van der Waals surface area contributed by atoms with Crippen molar-refractivity contribution in [3.05, 3.63) is 164 Å². The Kier molecular flexibility index (Phi) is 5.84. The molecule has 0 amide bonds. The van der Waals surface area contributed by atoms with Gasteiger partial charge < -0.3 is 4.74 Å². The Morgan fingerprint density at radius 1 is 0.438 bits per heavy atom. The fourth-order valence-corrected chi connectivity index (χ4v) is 7.46. The Hall–Kier alpha value is -6.52. The molecule has 0 fully saturated rings. The van der Waals surface area contributed by atoms with Crippen molar-refractivity contribution in [1.82, 2.24) is 14.5 Å². The van der Waals surface area contributed by atoms with Gasteiger partial charge in [-0.05, 0) is 70.3 Å². The largest absolute Gasteiger partial charge is 0.457 e. The van der Waals surface area contributed by atoms with E-state index in [1.165, 1.54) is 38.6 Å². The summed E-state index contributed by atoms with van der Waals surface area (Å²) in [5.41, 5.74) is 11.4. The second kappa shape index (κ2) is 10.5. The van der Waals surface area contributed by atoms with Crippen LogP contribution in [-0.4, -0.2) is 14.5 Å². The van der Waals surface area contributed by atoms with Gasteiger partial charge in [-0.25, -0.2) is 4.98 Å². The van der Waals surface area contributed by atoms with E-state index in [-0.39, 0.29) is 0 Å². The van der Waals surface area contributed by atoms with E-state index in [1.54, 1.807) is 0 Å². The molecule has 4 heteroatoms. The van der Waals surface area contributed by atoms with Crippen LogP contribution >= 0.6 is 0 Å². The molecule has 0 bridgehead atoms. The highest BCUT2D eigenvalue weighted by molar-refractivity contribution is 6.16. The van der Waals surface area contributed by atoms with Gasteiger partial charge in [0.15, 0.2) is 0 Å². The van der Waals surface area contributed by atoms with Crippen LogP contribution in [0, 0.1) is 0 Å². The van der Waals surface area contributed by atoms with E-state index in [0.29, 0.717) is 0 Å². The summed E-state index contributed by atoms with van der Waals surface area (Å²) in [7, 11) is 0. The standard InChI is InChI=1S/C44H27N3O/c1-3-15-33-31(13-1)32-14-2-4-16-34(32)39-27-46-44(38-19-10-18-37(33)43(38)39)28-11-9-12-29(25-28)48-30-22-23-36-35-17-5-6-20-40(35)47(41(36)26-30)42-21-7-8-24-45-42/h1-27H. The highest BCUT2D eigenvalue weighted by Gasteiger charge is 2.23. The lowest BCUT2D eigenvalue weighted by Gasteiger charge is -2.14. The quantitative estimate of drug-likeness (QED) is 0.198. The van der Waals surface area contributed by atoms with Crippen LogP contribution in [0.2, 0.25) is 0 Å². The number of para-hydroxylation sites is 1. The molecule has 0 saturated heterocycles. The van der Waals surface area contributed by atoms with E-state index in [1.807, 2.05) is 48.8 Å².